The summed E-state index contributed by atoms with van der Waals surface area (Å²) >= 11 is 0. The fraction of sp³-hybridized carbons (Fsp3) is 0.0455. The monoisotopic (exact) mass is 373 g/mol. The molecule has 6 heteroatoms. The highest BCUT2D eigenvalue weighted by atomic mass is 19.1. The van der Waals surface area contributed by atoms with Gasteiger partial charge in [-0.2, -0.15) is 5.10 Å². The Hall–Kier alpha value is -3.80. The van der Waals surface area contributed by atoms with E-state index in [1.165, 1.54) is 30.3 Å². The number of rotatable bonds is 4. The Kier molecular flexibility index (Phi) is 4.68. The number of aromatic nitrogens is 2. The van der Waals surface area contributed by atoms with Crippen molar-refractivity contribution in [2.75, 3.05) is 5.32 Å². The number of anilines is 1. The molecule has 5 nitrogen and oxygen atoms in total. The van der Waals surface area contributed by atoms with Crippen molar-refractivity contribution in [3.63, 3.8) is 0 Å². The van der Waals surface area contributed by atoms with Gasteiger partial charge in [-0.15, -0.1) is 0 Å². The normalized spacial score (nSPS) is 10.8. The van der Waals surface area contributed by atoms with E-state index >= 15 is 0 Å². The summed E-state index contributed by atoms with van der Waals surface area (Å²) in [5.41, 5.74) is 1.56. The minimum Gasteiger partial charge on any atom is -0.324 e. The van der Waals surface area contributed by atoms with Crippen molar-refractivity contribution in [2.45, 2.75) is 6.54 Å². The van der Waals surface area contributed by atoms with E-state index in [2.05, 4.69) is 10.4 Å². The van der Waals surface area contributed by atoms with E-state index in [0.717, 1.165) is 21.0 Å². The maximum atomic E-state index is 13.0. The van der Waals surface area contributed by atoms with Crippen LogP contribution in [-0.4, -0.2) is 15.7 Å². The van der Waals surface area contributed by atoms with Crippen LogP contribution in [0.1, 0.15) is 0 Å². The lowest BCUT2D eigenvalue weighted by atomic mass is 10.0. The Bertz CT molecular complexity index is 1210. The highest BCUT2D eigenvalue weighted by Crippen LogP contribution is 2.26. The van der Waals surface area contributed by atoms with Crippen molar-refractivity contribution in [3.8, 4) is 11.3 Å². The third-order valence-electron chi connectivity index (χ3n) is 4.35. The largest absolute Gasteiger partial charge is 0.324 e. The Morgan fingerprint density at radius 2 is 1.68 bits per heavy atom. The first-order chi connectivity index (χ1) is 13.6. The van der Waals surface area contributed by atoms with Crippen molar-refractivity contribution < 1.29 is 9.18 Å². The van der Waals surface area contributed by atoms with Gasteiger partial charge in [-0.1, -0.05) is 42.5 Å². The van der Waals surface area contributed by atoms with Crippen LogP contribution in [0.4, 0.5) is 10.1 Å². The third-order valence-corrected chi connectivity index (χ3v) is 4.35. The Morgan fingerprint density at radius 3 is 2.50 bits per heavy atom. The predicted octanol–water partition coefficient (Wildman–Crippen LogP) is 3.84. The molecular weight excluding hydrogens is 357 g/mol. The summed E-state index contributed by atoms with van der Waals surface area (Å²) in [5, 5.41) is 9.08. The zero-order chi connectivity index (χ0) is 19.5. The molecule has 1 N–H and O–H groups in total. The average Bonchev–Trinajstić information content (AvgIpc) is 2.71. The van der Waals surface area contributed by atoms with Gasteiger partial charge in [0.2, 0.25) is 5.91 Å². The van der Waals surface area contributed by atoms with Gasteiger partial charge in [-0.05, 0) is 41.1 Å². The Morgan fingerprint density at radius 1 is 0.929 bits per heavy atom. The first kappa shape index (κ1) is 17.6. The third kappa shape index (κ3) is 3.66. The fourth-order valence-electron chi connectivity index (χ4n) is 3.02. The minimum atomic E-state index is -0.420. The van der Waals surface area contributed by atoms with Crippen molar-refractivity contribution in [1.82, 2.24) is 9.78 Å². The molecule has 0 aliphatic carbocycles. The van der Waals surface area contributed by atoms with E-state index in [-0.39, 0.29) is 12.1 Å². The highest BCUT2D eigenvalue weighted by molar-refractivity contribution is 5.95. The molecule has 0 aliphatic rings. The summed E-state index contributed by atoms with van der Waals surface area (Å²) in [5.74, 6) is -0.810. The van der Waals surface area contributed by atoms with Crippen LogP contribution in [0.5, 0.6) is 0 Å². The molecule has 0 fully saturated rings. The molecule has 4 aromatic rings. The lowest BCUT2D eigenvalue weighted by Crippen LogP contribution is -2.29. The molecule has 28 heavy (non-hydrogen) atoms. The van der Waals surface area contributed by atoms with E-state index in [0.29, 0.717) is 11.4 Å². The van der Waals surface area contributed by atoms with Gasteiger partial charge in [0.05, 0.1) is 5.69 Å². The van der Waals surface area contributed by atoms with Crippen LogP contribution in [0.25, 0.3) is 22.0 Å². The predicted molar refractivity (Wildman–Crippen MR) is 106 cm³/mol. The zero-order valence-corrected chi connectivity index (χ0v) is 14.8. The number of amides is 1. The first-order valence-electron chi connectivity index (χ1n) is 8.72. The molecule has 138 valence electrons. The number of hydrogen-bond acceptors (Lipinski definition) is 3. The molecular formula is C22H16FN3O2. The topological polar surface area (TPSA) is 64.0 Å². The van der Waals surface area contributed by atoms with Crippen molar-refractivity contribution in [3.05, 3.63) is 95.0 Å². The Balaban J connectivity index is 1.63. The molecule has 0 unspecified atom stereocenters. The fourth-order valence-corrected chi connectivity index (χ4v) is 3.02. The molecule has 4 rings (SSSR count). The average molecular weight is 373 g/mol. The van der Waals surface area contributed by atoms with Crippen LogP contribution in [0.15, 0.2) is 83.7 Å². The summed E-state index contributed by atoms with van der Waals surface area (Å²) < 4.78 is 14.1. The number of halogens is 1. The van der Waals surface area contributed by atoms with E-state index in [1.807, 2.05) is 42.5 Å². The smallest absolute Gasteiger partial charge is 0.267 e. The van der Waals surface area contributed by atoms with Gasteiger partial charge in [-0.3, -0.25) is 9.59 Å². The van der Waals surface area contributed by atoms with Crippen LogP contribution in [0.2, 0.25) is 0 Å². The molecule has 0 atom stereocenters. The van der Waals surface area contributed by atoms with Gasteiger partial charge in [0.1, 0.15) is 12.4 Å². The molecule has 0 saturated carbocycles. The van der Waals surface area contributed by atoms with Gasteiger partial charge in [-0.25, -0.2) is 9.07 Å². The molecule has 0 aliphatic heterocycles. The summed E-state index contributed by atoms with van der Waals surface area (Å²) in [6, 6.07) is 22.2. The molecule has 0 spiro atoms. The van der Waals surface area contributed by atoms with Gasteiger partial charge >= 0.3 is 0 Å². The standard InChI is InChI=1S/C22H16FN3O2/c23-16-8-10-17(11-9-16)24-21(27)14-26-22(28)13-12-20(25-26)19-7-3-5-15-4-1-2-6-18(15)19/h1-13H,14H2,(H,24,27). The molecule has 3 aromatic carbocycles. The SMILES string of the molecule is O=C(Cn1nc(-c2cccc3ccccc23)ccc1=O)Nc1ccc(F)cc1. The van der Waals surface area contributed by atoms with Crippen molar-refractivity contribution in [2.24, 2.45) is 0 Å². The summed E-state index contributed by atoms with van der Waals surface area (Å²) in [6.07, 6.45) is 0. The van der Waals surface area contributed by atoms with E-state index in [1.54, 1.807) is 6.07 Å². The number of nitrogens with one attached hydrogen (secondary N) is 1. The number of benzene rings is 3. The van der Waals surface area contributed by atoms with E-state index in [9.17, 15) is 14.0 Å². The minimum absolute atomic E-state index is 0.241. The number of nitrogens with zero attached hydrogens (tertiary/aromatic N) is 2. The van der Waals surface area contributed by atoms with Crippen LogP contribution in [0, 0.1) is 5.82 Å². The second-order valence-corrected chi connectivity index (χ2v) is 6.30. The molecule has 1 aromatic heterocycles. The number of fused-ring (bicyclic) bond motifs is 1. The van der Waals surface area contributed by atoms with Crippen molar-refractivity contribution >= 4 is 22.4 Å². The van der Waals surface area contributed by atoms with E-state index < -0.39 is 11.7 Å². The maximum Gasteiger partial charge on any atom is 0.267 e. The van der Waals surface area contributed by atoms with E-state index in [4.69, 9.17) is 0 Å². The van der Waals surface area contributed by atoms with Gasteiger partial charge in [0.25, 0.3) is 5.56 Å². The molecule has 0 saturated heterocycles. The van der Waals surface area contributed by atoms with Gasteiger partial charge in [0.15, 0.2) is 0 Å². The number of hydrogen-bond donors (Lipinski definition) is 1. The molecule has 0 bridgehead atoms. The molecule has 0 radical (unpaired) electrons. The van der Waals surface area contributed by atoms with Crippen LogP contribution in [-0.2, 0) is 11.3 Å². The zero-order valence-electron chi connectivity index (χ0n) is 14.8. The lowest BCUT2D eigenvalue weighted by molar-refractivity contribution is -0.117. The summed E-state index contributed by atoms with van der Waals surface area (Å²) in [6.45, 7) is -0.241. The highest BCUT2D eigenvalue weighted by Gasteiger charge is 2.10. The van der Waals surface area contributed by atoms with Crippen molar-refractivity contribution in [1.29, 1.82) is 0 Å². The van der Waals surface area contributed by atoms with Gasteiger partial charge < -0.3 is 5.32 Å². The van der Waals surface area contributed by atoms with Crippen LogP contribution in [0.3, 0.4) is 0 Å². The first-order valence-corrected chi connectivity index (χ1v) is 8.72. The lowest BCUT2D eigenvalue weighted by Gasteiger charge is -2.10. The van der Waals surface area contributed by atoms with Gasteiger partial charge in [0, 0.05) is 17.3 Å². The summed E-state index contributed by atoms with van der Waals surface area (Å²) in [4.78, 5) is 24.4. The maximum absolute atomic E-state index is 13.0. The molecule has 1 amide bonds. The number of carbonyl (C=O) groups excluding carboxylic acids is 1. The van der Waals surface area contributed by atoms with Crippen LogP contribution < -0.4 is 10.9 Å². The second kappa shape index (κ2) is 7.44. The molecule has 1 heterocycles. The second-order valence-electron chi connectivity index (χ2n) is 6.30. The Labute approximate surface area is 160 Å². The quantitative estimate of drug-likeness (QED) is 0.591. The number of carbonyl (C=O) groups is 1. The summed E-state index contributed by atoms with van der Waals surface area (Å²) in [7, 11) is 0. The van der Waals surface area contributed by atoms with Crippen LogP contribution >= 0.6 is 0 Å².